The molecule has 1 atom stereocenters. The van der Waals surface area contributed by atoms with Gasteiger partial charge in [0.15, 0.2) is 6.61 Å². The molecule has 3 aromatic carbocycles. The second-order valence-corrected chi connectivity index (χ2v) is 8.60. The average molecular weight is 506 g/mol. The fourth-order valence-electron chi connectivity index (χ4n) is 3.13. The molecule has 0 aliphatic heterocycles. The number of hydrogen-bond donors (Lipinski definition) is 1. The van der Waals surface area contributed by atoms with Gasteiger partial charge in [-0.25, -0.2) is 0 Å². The minimum atomic E-state index is -0.759. The smallest absolute Gasteiger partial charge is 0.261 e. The summed E-state index contributed by atoms with van der Waals surface area (Å²) in [4.78, 5) is 27.5. The summed E-state index contributed by atoms with van der Waals surface area (Å²) < 4.78 is 5.62. The number of carbonyl (C=O) groups is 2. The lowest BCUT2D eigenvalue weighted by molar-refractivity contribution is -0.142. The molecule has 172 valence electrons. The van der Waals surface area contributed by atoms with E-state index >= 15 is 0 Å². The van der Waals surface area contributed by atoms with Gasteiger partial charge >= 0.3 is 0 Å². The van der Waals surface area contributed by atoms with Crippen molar-refractivity contribution in [3.05, 3.63) is 99.0 Å². The molecule has 1 N–H and O–H groups in total. The van der Waals surface area contributed by atoms with E-state index in [1.807, 2.05) is 30.3 Å². The molecule has 0 spiro atoms. The fourth-order valence-corrected chi connectivity index (χ4v) is 3.64. The molecule has 0 saturated heterocycles. The van der Waals surface area contributed by atoms with Crippen molar-refractivity contribution in [2.24, 2.45) is 0 Å². The summed E-state index contributed by atoms with van der Waals surface area (Å²) in [5, 5.41) is 4.41. The summed E-state index contributed by atoms with van der Waals surface area (Å²) in [6.45, 7) is 1.87. The molecule has 5 nitrogen and oxygen atoms in total. The summed E-state index contributed by atoms with van der Waals surface area (Å²) in [7, 11) is 0. The third-order valence-electron chi connectivity index (χ3n) is 5.03. The van der Waals surface area contributed by atoms with Crippen LogP contribution in [0.5, 0.6) is 5.75 Å². The molecule has 0 aromatic heterocycles. The average Bonchev–Trinajstić information content (AvgIpc) is 2.82. The standard InChI is InChI=1S/C25H23Cl3N2O3/c1-17(25(32)29-14-19-6-2-3-7-21(19)27)30(15-18-10-12-20(26)13-11-18)24(31)16-33-23-9-5-4-8-22(23)28/h2-13,17H,14-16H2,1H3,(H,29,32)/t17-/m0/s1. The lowest BCUT2D eigenvalue weighted by Gasteiger charge is -2.29. The van der Waals surface area contributed by atoms with Gasteiger partial charge in [0.05, 0.1) is 5.02 Å². The molecule has 8 heteroatoms. The number of nitrogens with zero attached hydrogens (tertiary/aromatic N) is 1. The van der Waals surface area contributed by atoms with Crippen LogP contribution in [0.3, 0.4) is 0 Å². The van der Waals surface area contributed by atoms with Gasteiger partial charge in [0.25, 0.3) is 5.91 Å². The topological polar surface area (TPSA) is 58.6 Å². The number of halogens is 3. The number of para-hydroxylation sites is 1. The van der Waals surface area contributed by atoms with Crippen LogP contribution in [-0.2, 0) is 22.7 Å². The normalized spacial score (nSPS) is 11.5. The monoisotopic (exact) mass is 504 g/mol. The molecule has 0 unspecified atom stereocenters. The number of ether oxygens (including phenoxy) is 1. The van der Waals surface area contributed by atoms with Gasteiger partial charge in [-0.3, -0.25) is 9.59 Å². The van der Waals surface area contributed by atoms with Gasteiger partial charge in [0, 0.05) is 23.1 Å². The van der Waals surface area contributed by atoms with Crippen LogP contribution in [0.15, 0.2) is 72.8 Å². The van der Waals surface area contributed by atoms with Crippen molar-refractivity contribution in [2.75, 3.05) is 6.61 Å². The number of hydrogen-bond acceptors (Lipinski definition) is 3. The Balaban J connectivity index is 1.72. The van der Waals surface area contributed by atoms with E-state index in [2.05, 4.69) is 5.32 Å². The van der Waals surface area contributed by atoms with E-state index in [0.717, 1.165) is 11.1 Å². The summed E-state index contributed by atoms with van der Waals surface area (Å²) in [6.07, 6.45) is 0. The van der Waals surface area contributed by atoms with Crippen molar-refractivity contribution >= 4 is 46.6 Å². The van der Waals surface area contributed by atoms with E-state index in [0.29, 0.717) is 20.8 Å². The molecule has 33 heavy (non-hydrogen) atoms. The van der Waals surface area contributed by atoms with Crippen molar-refractivity contribution in [2.45, 2.75) is 26.1 Å². The predicted molar refractivity (Wildman–Crippen MR) is 132 cm³/mol. The quantitative estimate of drug-likeness (QED) is 0.402. The van der Waals surface area contributed by atoms with E-state index in [1.54, 1.807) is 49.4 Å². The number of nitrogens with one attached hydrogen (secondary N) is 1. The Kier molecular flexibility index (Phi) is 9.01. The lowest BCUT2D eigenvalue weighted by atomic mass is 10.1. The van der Waals surface area contributed by atoms with Crippen molar-refractivity contribution in [1.82, 2.24) is 10.2 Å². The molecule has 0 bridgehead atoms. The fraction of sp³-hybridized carbons (Fsp3) is 0.200. The van der Waals surface area contributed by atoms with Crippen LogP contribution in [-0.4, -0.2) is 29.4 Å². The highest BCUT2D eigenvalue weighted by Crippen LogP contribution is 2.23. The zero-order valence-corrected chi connectivity index (χ0v) is 20.2. The minimum absolute atomic E-state index is 0.211. The lowest BCUT2D eigenvalue weighted by Crippen LogP contribution is -2.48. The van der Waals surface area contributed by atoms with Gasteiger partial charge in [-0.15, -0.1) is 0 Å². The van der Waals surface area contributed by atoms with Gasteiger partial charge in [0.1, 0.15) is 11.8 Å². The molecule has 0 saturated carbocycles. The molecular formula is C25H23Cl3N2O3. The van der Waals surface area contributed by atoms with E-state index in [4.69, 9.17) is 39.5 Å². The van der Waals surface area contributed by atoms with Crippen LogP contribution in [0.1, 0.15) is 18.1 Å². The van der Waals surface area contributed by atoms with Crippen LogP contribution < -0.4 is 10.1 Å². The highest BCUT2D eigenvalue weighted by Gasteiger charge is 2.26. The van der Waals surface area contributed by atoms with Crippen molar-refractivity contribution in [3.63, 3.8) is 0 Å². The first-order chi connectivity index (χ1) is 15.8. The Hall–Kier alpha value is -2.73. The molecule has 3 rings (SSSR count). The van der Waals surface area contributed by atoms with Crippen molar-refractivity contribution in [3.8, 4) is 5.75 Å². The number of benzene rings is 3. The van der Waals surface area contributed by atoms with Crippen molar-refractivity contribution in [1.29, 1.82) is 0 Å². The van der Waals surface area contributed by atoms with Gasteiger partial charge in [-0.2, -0.15) is 0 Å². The van der Waals surface area contributed by atoms with Crippen LogP contribution in [0.4, 0.5) is 0 Å². The Morgan fingerprint density at radius 3 is 2.21 bits per heavy atom. The molecule has 0 aliphatic carbocycles. The van der Waals surface area contributed by atoms with E-state index in [1.165, 1.54) is 4.90 Å². The van der Waals surface area contributed by atoms with E-state index < -0.39 is 6.04 Å². The Labute approximate surface area is 208 Å². The Morgan fingerprint density at radius 1 is 0.909 bits per heavy atom. The number of carbonyl (C=O) groups excluding carboxylic acids is 2. The first kappa shape index (κ1) is 24.9. The van der Waals surface area contributed by atoms with Gasteiger partial charge < -0.3 is 15.0 Å². The second kappa shape index (κ2) is 11.9. The summed E-state index contributed by atoms with van der Waals surface area (Å²) >= 11 is 18.3. The molecule has 0 fully saturated rings. The van der Waals surface area contributed by atoms with Crippen molar-refractivity contribution < 1.29 is 14.3 Å². The third-order valence-corrected chi connectivity index (χ3v) is 5.97. The first-order valence-electron chi connectivity index (χ1n) is 10.3. The Morgan fingerprint density at radius 2 is 1.55 bits per heavy atom. The largest absolute Gasteiger partial charge is 0.482 e. The molecule has 2 amide bonds. The predicted octanol–water partition coefficient (Wildman–Crippen LogP) is 5.76. The molecular weight excluding hydrogens is 483 g/mol. The summed E-state index contributed by atoms with van der Waals surface area (Å²) in [5.74, 6) is -0.268. The van der Waals surface area contributed by atoms with Gasteiger partial charge in [-0.05, 0) is 48.4 Å². The third kappa shape index (κ3) is 7.13. The number of amides is 2. The molecule has 0 heterocycles. The summed E-state index contributed by atoms with van der Waals surface area (Å²) in [6, 6.07) is 20.5. The van der Waals surface area contributed by atoms with Gasteiger partial charge in [-0.1, -0.05) is 77.3 Å². The highest BCUT2D eigenvalue weighted by atomic mass is 35.5. The molecule has 0 radical (unpaired) electrons. The van der Waals surface area contributed by atoms with Crippen LogP contribution in [0.25, 0.3) is 0 Å². The minimum Gasteiger partial charge on any atom is -0.482 e. The molecule has 3 aromatic rings. The zero-order chi connectivity index (χ0) is 23.8. The first-order valence-corrected chi connectivity index (χ1v) is 11.4. The van der Waals surface area contributed by atoms with Crippen LogP contribution in [0.2, 0.25) is 15.1 Å². The van der Waals surface area contributed by atoms with Crippen LogP contribution in [0, 0.1) is 0 Å². The van der Waals surface area contributed by atoms with Crippen LogP contribution >= 0.6 is 34.8 Å². The van der Waals surface area contributed by atoms with E-state index in [9.17, 15) is 9.59 Å². The Bertz CT molecular complexity index is 1110. The second-order valence-electron chi connectivity index (χ2n) is 7.35. The maximum atomic E-state index is 13.1. The maximum absolute atomic E-state index is 13.1. The molecule has 0 aliphatic rings. The maximum Gasteiger partial charge on any atom is 0.261 e. The highest BCUT2D eigenvalue weighted by molar-refractivity contribution is 6.32. The zero-order valence-electron chi connectivity index (χ0n) is 17.9. The van der Waals surface area contributed by atoms with E-state index in [-0.39, 0.29) is 31.5 Å². The van der Waals surface area contributed by atoms with Gasteiger partial charge in [0.2, 0.25) is 5.91 Å². The number of rotatable bonds is 9. The summed E-state index contributed by atoms with van der Waals surface area (Å²) in [5.41, 5.74) is 1.62. The SMILES string of the molecule is C[C@@H](C(=O)NCc1ccccc1Cl)N(Cc1ccc(Cl)cc1)C(=O)COc1ccccc1Cl.